The maximum absolute atomic E-state index is 12.3. The number of halogens is 1. The van der Waals surface area contributed by atoms with E-state index in [0.29, 0.717) is 16.3 Å². The van der Waals surface area contributed by atoms with Gasteiger partial charge in [-0.25, -0.2) is 4.98 Å². The number of amides is 1. The molecule has 0 atom stereocenters. The van der Waals surface area contributed by atoms with Gasteiger partial charge in [-0.15, -0.1) is 0 Å². The van der Waals surface area contributed by atoms with Crippen LogP contribution in [0.3, 0.4) is 0 Å². The van der Waals surface area contributed by atoms with Crippen LogP contribution in [-0.4, -0.2) is 29.1 Å². The first-order valence-corrected chi connectivity index (χ1v) is 8.86. The molecule has 1 fully saturated rings. The number of pyridine rings is 1. The molecule has 0 spiro atoms. The smallest absolute Gasteiger partial charge is 0.257 e. The number of carbonyl (C=O) groups is 1. The van der Waals surface area contributed by atoms with Gasteiger partial charge in [-0.2, -0.15) is 0 Å². The predicted octanol–water partition coefficient (Wildman–Crippen LogP) is 3.95. The highest BCUT2D eigenvalue weighted by Crippen LogP contribution is 2.43. The van der Waals surface area contributed by atoms with Gasteiger partial charge < -0.3 is 15.7 Å². The van der Waals surface area contributed by atoms with Crippen LogP contribution in [0.1, 0.15) is 36.0 Å². The van der Waals surface area contributed by atoms with E-state index in [-0.39, 0.29) is 17.9 Å². The number of hydrogen-bond acceptors (Lipinski definition) is 4. The summed E-state index contributed by atoms with van der Waals surface area (Å²) < 4.78 is 0. The number of aliphatic hydroxyl groups is 1. The third-order valence-electron chi connectivity index (χ3n) is 4.81. The van der Waals surface area contributed by atoms with E-state index in [1.807, 2.05) is 0 Å². The Balaban J connectivity index is 1.57. The van der Waals surface area contributed by atoms with Crippen molar-refractivity contribution in [3.8, 4) is 0 Å². The maximum atomic E-state index is 12.3. The number of nitrogens with one attached hydrogen (secondary N) is 2. The summed E-state index contributed by atoms with van der Waals surface area (Å²) in [5.41, 5.74) is 1.33. The van der Waals surface area contributed by atoms with Crippen LogP contribution >= 0.6 is 11.6 Å². The largest absolute Gasteiger partial charge is 0.396 e. The van der Waals surface area contributed by atoms with Gasteiger partial charge in [0.25, 0.3) is 5.91 Å². The standard InChI is InChI=1S/C19H22ClN3O2/c20-15-3-1-4-16(11-15)23-18(25)14-5-6-17(21-12-14)22-13-19(9-10-24)7-2-8-19/h1,3-6,11-12,24H,2,7-10,13H2,(H,21,22)(H,23,25). The zero-order valence-corrected chi connectivity index (χ0v) is 14.7. The molecule has 0 unspecified atom stereocenters. The SMILES string of the molecule is O=C(Nc1cccc(Cl)c1)c1ccc(NCC2(CCO)CCC2)nc1. The Morgan fingerprint density at radius 1 is 1.28 bits per heavy atom. The number of hydrogen-bond donors (Lipinski definition) is 3. The maximum Gasteiger partial charge on any atom is 0.257 e. The lowest BCUT2D eigenvalue weighted by Gasteiger charge is -2.42. The summed E-state index contributed by atoms with van der Waals surface area (Å²) in [5.74, 6) is 0.514. The van der Waals surface area contributed by atoms with Crippen molar-refractivity contribution in [2.24, 2.45) is 5.41 Å². The Morgan fingerprint density at radius 2 is 2.12 bits per heavy atom. The number of aliphatic hydroxyl groups excluding tert-OH is 1. The van der Waals surface area contributed by atoms with E-state index >= 15 is 0 Å². The van der Waals surface area contributed by atoms with E-state index in [1.54, 1.807) is 42.6 Å². The highest BCUT2D eigenvalue weighted by atomic mass is 35.5. The van der Waals surface area contributed by atoms with Crippen LogP contribution < -0.4 is 10.6 Å². The van der Waals surface area contributed by atoms with E-state index in [2.05, 4.69) is 15.6 Å². The van der Waals surface area contributed by atoms with Gasteiger partial charge in [-0.1, -0.05) is 24.1 Å². The fourth-order valence-corrected chi connectivity index (χ4v) is 3.30. The number of nitrogens with zero attached hydrogens (tertiary/aromatic N) is 1. The van der Waals surface area contributed by atoms with Crippen LogP contribution in [0.25, 0.3) is 0 Å². The molecule has 1 aliphatic rings. The first-order valence-electron chi connectivity index (χ1n) is 8.48. The Morgan fingerprint density at radius 3 is 2.72 bits per heavy atom. The second kappa shape index (κ2) is 7.85. The molecule has 0 bridgehead atoms. The van der Waals surface area contributed by atoms with E-state index in [4.69, 9.17) is 11.6 Å². The average Bonchev–Trinajstić information content (AvgIpc) is 2.57. The van der Waals surface area contributed by atoms with Crippen LogP contribution in [0.15, 0.2) is 42.6 Å². The van der Waals surface area contributed by atoms with Crippen molar-refractivity contribution in [3.05, 3.63) is 53.2 Å². The van der Waals surface area contributed by atoms with Crippen LogP contribution in [0.2, 0.25) is 5.02 Å². The molecule has 5 nitrogen and oxygen atoms in total. The zero-order chi connectivity index (χ0) is 17.7. The third-order valence-corrected chi connectivity index (χ3v) is 5.04. The van der Waals surface area contributed by atoms with E-state index in [9.17, 15) is 9.90 Å². The normalized spacial score (nSPS) is 15.3. The molecule has 3 rings (SSSR count). The summed E-state index contributed by atoms with van der Waals surface area (Å²) in [6, 6.07) is 10.6. The molecule has 0 aliphatic heterocycles. The number of benzene rings is 1. The van der Waals surface area contributed by atoms with E-state index in [0.717, 1.165) is 31.6 Å². The lowest BCUT2D eigenvalue weighted by molar-refractivity contribution is 0.101. The quantitative estimate of drug-likeness (QED) is 0.699. The number of anilines is 2. The molecule has 132 valence electrons. The summed E-state index contributed by atoms with van der Waals surface area (Å²) >= 11 is 5.92. The molecule has 1 amide bonds. The van der Waals surface area contributed by atoms with Crippen molar-refractivity contribution in [2.45, 2.75) is 25.7 Å². The van der Waals surface area contributed by atoms with Gasteiger partial charge in [-0.3, -0.25) is 4.79 Å². The molecule has 1 aliphatic carbocycles. The van der Waals surface area contributed by atoms with Crippen molar-refractivity contribution in [3.63, 3.8) is 0 Å². The number of carbonyl (C=O) groups excluding carboxylic acids is 1. The van der Waals surface area contributed by atoms with Gasteiger partial charge in [0.05, 0.1) is 5.56 Å². The Kier molecular flexibility index (Phi) is 5.56. The van der Waals surface area contributed by atoms with Crippen molar-refractivity contribution >= 4 is 29.0 Å². The van der Waals surface area contributed by atoms with Gasteiger partial charge in [-0.05, 0) is 55.0 Å². The molecular weight excluding hydrogens is 338 g/mol. The van der Waals surface area contributed by atoms with E-state index < -0.39 is 0 Å². The first kappa shape index (κ1) is 17.7. The van der Waals surface area contributed by atoms with E-state index in [1.165, 1.54) is 6.42 Å². The molecule has 0 radical (unpaired) electrons. The van der Waals surface area contributed by atoms with Crippen molar-refractivity contribution in [2.75, 3.05) is 23.8 Å². The fourth-order valence-electron chi connectivity index (χ4n) is 3.11. The van der Waals surface area contributed by atoms with Crippen LogP contribution in [-0.2, 0) is 0 Å². The Hall–Kier alpha value is -2.11. The number of aromatic nitrogens is 1. The molecule has 3 N–H and O–H groups in total. The van der Waals surface area contributed by atoms with Gasteiger partial charge in [0.1, 0.15) is 5.82 Å². The molecule has 25 heavy (non-hydrogen) atoms. The van der Waals surface area contributed by atoms with Crippen molar-refractivity contribution < 1.29 is 9.90 Å². The van der Waals surface area contributed by atoms with Gasteiger partial charge >= 0.3 is 0 Å². The summed E-state index contributed by atoms with van der Waals surface area (Å²) in [6.07, 6.45) is 5.88. The van der Waals surface area contributed by atoms with Gasteiger partial charge in [0.15, 0.2) is 0 Å². The Labute approximate surface area is 152 Å². The summed E-state index contributed by atoms with van der Waals surface area (Å²) in [6.45, 7) is 1.02. The summed E-state index contributed by atoms with van der Waals surface area (Å²) in [7, 11) is 0. The van der Waals surface area contributed by atoms with Crippen molar-refractivity contribution in [1.82, 2.24) is 4.98 Å². The molecule has 1 aromatic heterocycles. The fraction of sp³-hybridized carbons (Fsp3) is 0.368. The highest BCUT2D eigenvalue weighted by Gasteiger charge is 2.36. The zero-order valence-electron chi connectivity index (χ0n) is 14.0. The van der Waals surface area contributed by atoms with Gasteiger partial charge in [0.2, 0.25) is 0 Å². The molecule has 0 saturated heterocycles. The van der Waals surface area contributed by atoms with Crippen LogP contribution in [0.4, 0.5) is 11.5 Å². The molecule has 2 aromatic rings. The van der Waals surface area contributed by atoms with Crippen LogP contribution in [0.5, 0.6) is 0 Å². The second-order valence-corrected chi connectivity index (χ2v) is 7.01. The minimum atomic E-state index is -0.225. The molecule has 1 heterocycles. The number of rotatable bonds is 7. The first-order chi connectivity index (χ1) is 12.1. The second-order valence-electron chi connectivity index (χ2n) is 6.58. The predicted molar refractivity (Wildman–Crippen MR) is 100 cm³/mol. The Bertz CT molecular complexity index is 730. The highest BCUT2D eigenvalue weighted by molar-refractivity contribution is 6.30. The third kappa shape index (κ3) is 4.50. The minimum Gasteiger partial charge on any atom is -0.396 e. The topological polar surface area (TPSA) is 74.2 Å². The molecule has 1 aromatic carbocycles. The lowest BCUT2D eigenvalue weighted by Crippen LogP contribution is -2.37. The molecule has 6 heteroatoms. The van der Waals surface area contributed by atoms with Gasteiger partial charge in [0, 0.05) is 30.1 Å². The summed E-state index contributed by atoms with van der Waals surface area (Å²) in [5, 5.41) is 15.9. The van der Waals surface area contributed by atoms with Crippen LogP contribution in [0, 0.1) is 5.41 Å². The monoisotopic (exact) mass is 359 g/mol. The minimum absolute atomic E-state index is 0.194. The van der Waals surface area contributed by atoms with Crippen molar-refractivity contribution in [1.29, 1.82) is 0 Å². The summed E-state index contributed by atoms with van der Waals surface area (Å²) in [4.78, 5) is 16.6. The lowest BCUT2D eigenvalue weighted by atomic mass is 9.67. The average molecular weight is 360 g/mol. The molecular formula is C19H22ClN3O2. The molecule has 1 saturated carbocycles.